The monoisotopic (exact) mass is 273 g/mol. The molecular weight excluding hydrogens is 250 g/mol. The van der Waals surface area contributed by atoms with E-state index in [1.54, 1.807) is 0 Å². The first-order valence-corrected chi connectivity index (χ1v) is 7.03. The quantitative estimate of drug-likeness (QED) is 0.893. The van der Waals surface area contributed by atoms with Crippen molar-refractivity contribution in [3.63, 3.8) is 0 Å². The molecule has 2 rings (SSSR count). The van der Waals surface area contributed by atoms with Gasteiger partial charge in [0.1, 0.15) is 23.9 Å². The van der Waals surface area contributed by atoms with Gasteiger partial charge in [0, 0.05) is 5.56 Å². The van der Waals surface area contributed by atoms with Gasteiger partial charge < -0.3 is 14.9 Å². The fourth-order valence-corrected chi connectivity index (χ4v) is 2.23. The Balaban J connectivity index is 2.17. The Morgan fingerprint density at radius 3 is 2.55 bits per heavy atom. The highest BCUT2D eigenvalue weighted by Gasteiger charge is 2.11. The number of rotatable bonds is 5. The topological polar surface area (TPSA) is 48.4 Å². The summed E-state index contributed by atoms with van der Waals surface area (Å²) < 4.78 is 11.6. The average Bonchev–Trinajstić information content (AvgIpc) is 2.76. The summed E-state index contributed by atoms with van der Waals surface area (Å²) in [6.45, 7) is 9.30. The van der Waals surface area contributed by atoms with Crippen LogP contribution in [-0.2, 0) is 13.2 Å². The molecule has 0 saturated heterocycles. The number of benzene rings is 1. The molecule has 0 amide bonds. The van der Waals surface area contributed by atoms with Gasteiger partial charge in [0.25, 0.3) is 0 Å². The molecule has 0 bridgehead atoms. The fourth-order valence-electron chi connectivity index (χ4n) is 2.23. The van der Waals surface area contributed by atoms with Crippen LogP contribution in [0.2, 0.25) is 0 Å². The van der Waals surface area contributed by atoms with Crippen LogP contribution in [0.5, 0.6) is 5.75 Å². The lowest BCUT2D eigenvalue weighted by molar-refractivity contribution is 0.298. The van der Waals surface area contributed by atoms with E-state index >= 15 is 0 Å². The van der Waals surface area contributed by atoms with Gasteiger partial charge in [-0.2, -0.15) is 0 Å². The number of hydrogen-bond donors (Lipinski definition) is 1. The molecule has 20 heavy (non-hydrogen) atoms. The minimum absolute atomic E-state index is 0.419. The van der Waals surface area contributed by atoms with E-state index < -0.39 is 0 Å². The summed E-state index contributed by atoms with van der Waals surface area (Å²) in [6, 6.07) is 8.33. The average molecular weight is 273 g/mol. The molecule has 0 aliphatic heterocycles. The second kappa shape index (κ2) is 6.14. The lowest BCUT2D eigenvalue weighted by Gasteiger charge is -2.14. The molecular formula is C17H23NO2. The van der Waals surface area contributed by atoms with E-state index in [1.807, 2.05) is 13.0 Å². The molecule has 0 aliphatic rings. The van der Waals surface area contributed by atoms with E-state index in [0.717, 1.165) is 22.8 Å². The normalized spacial score (nSPS) is 11.1. The molecule has 0 radical (unpaired) electrons. The minimum atomic E-state index is 0.419. The zero-order valence-corrected chi connectivity index (χ0v) is 12.7. The van der Waals surface area contributed by atoms with Crippen molar-refractivity contribution in [2.45, 2.75) is 46.8 Å². The molecule has 0 aliphatic carbocycles. The standard InChI is InChI=1S/C17H23NO2/c1-11(2)16-6-5-12(3)7-17(16)19-10-14-8-15(9-18)20-13(14)4/h5-8,11H,9-10,18H2,1-4H3. The SMILES string of the molecule is Cc1ccc(C(C)C)c(OCc2cc(CN)oc2C)c1. The predicted octanol–water partition coefficient (Wildman–Crippen LogP) is 4.06. The Morgan fingerprint density at radius 1 is 1.20 bits per heavy atom. The van der Waals surface area contributed by atoms with Crippen molar-refractivity contribution in [1.82, 2.24) is 0 Å². The first-order valence-electron chi connectivity index (χ1n) is 7.03. The third-order valence-corrected chi connectivity index (χ3v) is 3.45. The summed E-state index contributed by atoms with van der Waals surface area (Å²) >= 11 is 0. The van der Waals surface area contributed by atoms with Crippen LogP contribution in [-0.4, -0.2) is 0 Å². The molecule has 108 valence electrons. The maximum Gasteiger partial charge on any atom is 0.123 e. The van der Waals surface area contributed by atoms with Crippen LogP contribution in [0, 0.1) is 13.8 Å². The van der Waals surface area contributed by atoms with E-state index in [0.29, 0.717) is 19.1 Å². The number of nitrogens with two attached hydrogens (primary N) is 1. The molecule has 0 spiro atoms. The highest BCUT2D eigenvalue weighted by molar-refractivity contribution is 5.39. The summed E-state index contributed by atoms with van der Waals surface area (Å²) in [5, 5.41) is 0. The van der Waals surface area contributed by atoms with E-state index in [9.17, 15) is 0 Å². The van der Waals surface area contributed by atoms with Gasteiger partial charge in [0.05, 0.1) is 6.54 Å². The van der Waals surface area contributed by atoms with Crippen molar-refractivity contribution in [2.75, 3.05) is 0 Å². The molecule has 1 heterocycles. The molecule has 0 unspecified atom stereocenters. The van der Waals surface area contributed by atoms with Crippen LogP contribution >= 0.6 is 0 Å². The van der Waals surface area contributed by atoms with E-state index in [4.69, 9.17) is 14.9 Å². The van der Waals surface area contributed by atoms with Crippen LogP contribution in [0.1, 0.15) is 48.0 Å². The molecule has 0 saturated carbocycles. The second-order valence-corrected chi connectivity index (χ2v) is 5.48. The zero-order valence-electron chi connectivity index (χ0n) is 12.7. The minimum Gasteiger partial charge on any atom is -0.488 e. The molecule has 1 aromatic heterocycles. The summed E-state index contributed by atoms with van der Waals surface area (Å²) in [7, 11) is 0. The zero-order chi connectivity index (χ0) is 14.7. The smallest absolute Gasteiger partial charge is 0.123 e. The van der Waals surface area contributed by atoms with Crippen molar-refractivity contribution >= 4 is 0 Å². The number of furan rings is 1. The first-order chi connectivity index (χ1) is 9.51. The van der Waals surface area contributed by atoms with Gasteiger partial charge in [0.2, 0.25) is 0 Å². The largest absolute Gasteiger partial charge is 0.488 e. The van der Waals surface area contributed by atoms with Crippen LogP contribution in [0.4, 0.5) is 0 Å². The Hall–Kier alpha value is -1.74. The van der Waals surface area contributed by atoms with E-state index in [1.165, 1.54) is 11.1 Å². The lowest BCUT2D eigenvalue weighted by atomic mass is 10.0. The van der Waals surface area contributed by atoms with Crippen LogP contribution in [0.25, 0.3) is 0 Å². The van der Waals surface area contributed by atoms with Crippen molar-refractivity contribution in [3.8, 4) is 5.75 Å². The van der Waals surface area contributed by atoms with Gasteiger partial charge in [-0.3, -0.25) is 0 Å². The van der Waals surface area contributed by atoms with E-state index in [-0.39, 0.29) is 0 Å². The van der Waals surface area contributed by atoms with Gasteiger partial charge in [-0.1, -0.05) is 26.0 Å². The highest BCUT2D eigenvalue weighted by atomic mass is 16.5. The van der Waals surface area contributed by atoms with Gasteiger partial charge in [-0.05, 0) is 43.0 Å². The van der Waals surface area contributed by atoms with Crippen LogP contribution in [0.3, 0.4) is 0 Å². The molecule has 1 aromatic carbocycles. The third kappa shape index (κ3) is 3.23. The van der Waals surface area contributed by atoms with Gasteiger partial charge in [0.15, 0.2) is 0 Å². The van der Waals surface area contributed by atoms with Gasteiger partial charge >= 0.3 is 0 Å². The molecule has 3 heteroatoms. The Morgan fingerprint density at radius 2 is 1.95 bits per heavy atom. The summed E-state index contributed by atoms with van der Waals surface area (Å²) in [5.74, 6) is 3.07. The number of ether oxygens (including phenoxy) is 1. The summed E-state index contributed by atoms with van der Waals surface area (Å²) in [4.78, 5) is 0. The van der Waals surface area contributed by atoms with Crippen LogP contribution in [0.15, 0.2) is 28.7 Å². The Bertz CT molecular complexity index is 585. The first kappa shape index (κ1) is 14.7. The van der Waals surface area contributed by atoms with E-state index in [2.05, 4.69) is 39.0 Å². The van der Waals surface area contributed by atoms with Crippen LogP contribution < -0.4 is 10.5 Å². The van der Waals surface area contributed by atoms with Crippen molar-refractivity contribution in [3.05, 3.63) is 52.5 Å². The van der Waals surface area contributed by atoms with Crippen molar-refractivity contribution in [2.24, 2.45) is 5.73 Å². The number of aryl methyl sites for hydroxylation is 2. The van der Waals surface area contributed by atoms with Gasteiger partial charge in [-0.15, -0.1) is 0 Å². The fraction of sp³-hybridized carbons (Fsp3) is 0.412. The van der Waals surface area contributed by atoms with Crippen molar-refractivity contribution < 1.29 is 9.15 Å². The highest BCUT2D eigenvalue weighted by Crippen LogP contribution is 2.28. The molecule has 3 nitrogen and oxygen atoms in total. The molecule has 0 atom stereocenters. The Kier molecular flexibility index (Phi) is 4.50. The maximum absolute atomic E-state index is 6.00. The summed E-state index contributed by atoms with van der Waals surface area (Å²) in [6.07, 6.45) is 0. The third-order valence-electron chi connectivity index (χ3n) is 3.45. The van der Waals surface area contributed by atoms with Gasteiger partial charge in [-0.25, -0.2) is 0 Å². The summed E-state index contributed by atoms with van der Waals surface area (Å²) in [5.41, 5.74) is 9.08. The molecule has 0 fully saturated rings. The van der Waals surface area contributed by atoms with Crippen molar-refractivity contribution in [1.29, 1.82) is 0 Å². The number of hydrogen-bond acceptors (Lipinski definition) is 3. The maximum atomic E-state index is 6.00. The lowest BCUT2D eigenvalue weighted by Crippen LogP contribution is -2.00. The molecule has 2 N–H and O–H groups in total. The Labute approximate surface area is 120 Å². The molecule has 2 aromatic rings. The second-order valence-electron chi connectivity index (χ2n) is 5.48. The predicted molar refractivity (Wildman–Crippen MR) is 80.9 cm³/mol.